The number of halogens is 7. The summed E-state index contributed by atoms with van der Waals surface area (Å²) in [6, 6.07) is 0.534. The molecular weight excluding hydrogens is 547 g/mol. The second kappa shape index (κ2) is 10.7. The molecule has 1 aromatic rings. The van der Waals surface area contributed by atoms with Crippen LogP contribution in [0, 0.1) is 11.8 Å². The summed E-state index contributed by atoms with van der Waals surface area (Å²) in [6.45, 7) is 0.995. The van der Waals surface area contributed by atoms with E-state index in [2.05, 4.69) is 0 Å². The molecule has 0 radical (unpaired) electrons. The largest absolute Gasteiger partial charge is 0.492 e. The molecule has 38 heavy (non-hydrogen) atoms. The molecule has 0 bridgehead atoms. The van der Waals surface area contributed by atoms with E-state index in [4.69, 9.17) is 9.84 Å². The van der Waals surface area contributed by atoms with E-state index >= 15 is 0 Å². The Morgan fingerprint density at radius 1 is 1.18 bits per heavy atom. The van der Waals surface area contributed by atoms with E-state index in [0.29, 0.717) is 19.1 Å². The van der Waals surface area contributed by atoms with Gasteiger partial charge < -0.3 is 14.7 Å². The molecule has 3 rings (SSSR count). The number of carbonyl (C=O) groups is 1. The van der Waals surface area contributed by atoms with Crippen LogP contribution in [-0.4, -0.2) is 56.3 Å². The monoisotopic (exact) mass is 577 g/mol. The minimum Gasteiger partial charge on any atom is -0.492 e. The van der Waals surface area contributed by atoms with Gasteiger partial charge >= 0.3 is 12.1 Å². The molecule has 14 heteroatoms. The van der Waals surface area contributed by atoms with Crippen molar-refractivity contribution >= 4 is 21.5 Å². The van der Waals surface area contributed by atoms with E-state index in [-0.39, 0.29) is 31.5 Å². The third kappa shape index (κ3) is 7.44. The SMILES string of the molecule is C[C@H](COc1cc2c(cc1C(F)(F)F)N(C1CCC(F)(F)CC1)C[C@@H](CCC(C)(F)F)CS2(=O)=O)C(=O)O. The lowest BCUT2D eigenvalue weighted by molar-refractivity contribution is -0.142. The molecule has 2 atom stereocenters. The normalized spacial score (nSPS) is 22.9. The standard InChI is InChI=1S/C24H30F7NO5S/c1-14(21(33)34)12-37-19-10-20-18(9-17(19)24(29,30)31)32(16-4-7-23(27,28)8-5-16)11-15(13-38(20,35)36)3-6-22(2,25)26/h9-10,14-16H,3-8,11-13H2,1-2H3,(H,33,34)/t14-,15-/m1/s1. The predicted octanol–water partition coefficient (Wildman–Crippen LogP) is 6.03. The van der Waals surface area contributed by atoms with Gasteiger partial charge in [-0.25, -0.2) is 26.0 Å². The molecular formula is C24H30F7NO5S. The average Bonchev–Trinajstić information content (AvgIpc) is 2.88. The zero-order chi connectivity index (χ0) is 28.7. The zero-order valence-corrected chi connectivity index (χ0v) is 21.6. The second-order valence-electron chi connectivity index (χ2n) is 10.4. The van der Waals surface area contributed by atoms with Crippen molar-refractivity contribution in [3.05, 3.63) is 17.7 Å². The topological polar surface area (TPSA) is 83.9 Å². The first-order chi connectivity index (χ1) is 17.3. The van der Waals surface area contributed by atoms with Crippen molar-refractivity contribution in [2.75, 3.05) is 23.8 Å². The van der Waals surface area contributed by atoms with Gasteiger partial charge in [-0.15, -0.1) is 0 Å². The molecule has 1 fully saturated rings. The van der Waals surface area contributed by atoms with Crippen LogP contribution < -0.4 is 9.64 Å². The first-order valence-corrected chi connectivity index (χ1v) is 13.8. The van der Waals surface area contributed by atoms with E-state index in [1.54, 1.807) is 0 Å². The number of sulfone groups is 1. The third-order valence-corrected chi connectivity index (χ3v) is 8.86. The quantitative estimate of drug-likeness (QED) is 0.380. The fourth-order valence-electron chi connectivity index (χ4n) is 4.79. The van der Waals surface area contributed by atoms with Gasteiger partial charge in [-0.2, -0.15) is 13.2 Å². The van der Waals surface area contributed by atoms with E-state index in [0.717, 1.165) is 0 Å². The summed E-state index contributed by atoms with van der Waals surface area (Å²) in [5, 5.41) is 9.04. The van der Waals surface area contributed by atoms with Gasteiger partial charge in [0, 0.05) is 37.9 Å². The summed E-state index contributed by atoms with van der Waals surface area (Å²) in [5.41, 5.74) is -1.70. The van der Waals surface area contributed by atoms with Crippen LogP contribution in [0.5, 0.6) is 5.75 Å². The molecule has 0 spiro atoms. The van der Waals surface area contributed by atoms with E-state index in [9.17, 15) is 43.9 Å². The van der Waals surface area contributed by atoms with Crippen molar-refractivity contribution in [3.8, 4) is 5.75 Å². The molecule has 0 aromatic heterocycles. The van der Waals surface area contributed by atoms with Gasteiger partial charge in [0.2, 0.25) is 11.8 Å². The third-order valence-electron chi connectivity index (χ3n) is 6.95. The van der Waals surface area contributed by atoms with Gasteiger partial charge in [0.05, 0.1) is 27.8 Å². The Balaban J connectivity index is 2.12. The number of benzene rings is 1. The van der Waals surface area contributed by atoms with Crippen LogP contribution in [0.2, 0.25) is 0 Å². The number of fused-ring (bicyclic) bond motifs is 1. The molecule has 1 aliphatic heterocycles. The molecule has 0 saturated heterocycles. The summed E-state index contributed by atoms with van der Waals surface area (Å²) in [5.74, 6) is -11.0. The van der Waals surface area contributed by atoms with Gasteiger partial charge in [-0.05, 0) is 45.1 Å². The van der Waals surface area contributed by atoms with Gasteiger partial charge in [-0.1, -0.05) is 0 Å². The summed E-state index contributed by atoms with van der Waals surface area (Å²) in [6.07, 6.45) is -7.28. The maximum Gasteiger partial charge on any atom is 0.420 e. The van der Waals surface area contributed by atoms with Crippen molar-refractivity contribution in [2.45, 2.75) is 81.3 Å². The zero-order valence-electron chi connectivity index (χ0n) is 20.8. The highest BCUT2D eigenvalue weighted by Gasteiger charge is 2.43. The van der Waals surface area contributed by atoms with Gasteiger partial charge in [-0.3, -0.25) is 4.79 Å². The molecule has 1 saturated carbocycles. The van der Waals surface area contributed by atoms with Crippen molar-refractivity contribution in [3.63, 3.8) is 0 Å². The summed E-state index contributed by atoms with van der Waals surface area (Å²) in [4.78, 5) is 11.9. The van der Waals surface area contributed by atoms with Crippen LogP contribution in [0.4, 0.5) is 36.4 Å². The number of carboxylic acids is 1. The second-order valence-corrected chi connectivity index (χ2v) is 12.4. The number of hydrogen-bond donors (Lipinski definition) is 1. The Hall–Kier alpha value is -2.25. The molecule has 6 nitrogen and oxygen atoms in total. The Morgan fingerprint density at radius 2 is 1.79 bits per heavy atom. The molecule has 1 aliphatic carbocycles. The van der Waals surface area contributed by atoms with Gasteiger partial charge in [0.25, 0.3) is 0 Å². The van der Waals surface area contributed by atoms with Crippen LogP contribution in [0.25, 0.3) is 0 Å². The highest BCUT2D eigenvalue weighted by atomic mass is 32.2. The lowest BCUT2D eigenvalue weighted by Crippen LogP contribution is -2.43. The van der Waals surface area contributed by atoms with Crippen LogP contribution in [0.3, 0.4) is 0 Å². The average molecular weight is 578 g/mol. The van der Waals surface area contributed by atoms with Crippen molar-refractivity contribution < 1.29 is 53.8 Å². The van der Waals surface area contributed by atoms with Crippen LogP contribution in [0.1, 0.15) is 57.9 Å². The predicted molar refractivity (Wildman–Crippen MR) is 124 cm³/mol. The lowest BCUT2D eigenvalue weighted by atomic mass is 9.89. The Labute approximate surface area is 216 Å². The number of anilines is 1. The van der Waals surface area contributed by atoms with E-state index in [1.165, 1.54) is 11.8 Å². The summed E-state index contributed by atoms with van der Waals surface area (Å²) >= 11 is 0. The Kier molecular flexibility index (Phi) is 8.55. The highest BCUT2D eigenvalue weighted by molar-refractivity contribution is 7.91. The number of hydrogen-bond acceptors (Lipinski definition) is 5. The summed E-state index contributed by atoms with van der Waals surface area (Å²) < 4.78 is 129. The van der Waals surface area contributed by atoms with Crippen molar-refractivity contribution in [1.82, 2.24) is 0 Å². The van der Waals surface area contributed by atoms with Crippen LogP contribution >= 0.6 is 0 Å². The number of carboxylic acid groups (broad SMARTS) is 1. The van der Waals surface area contributed by atoms with Gasteiger partial charge in [0.15, 0.2) is 9.84 Å². The van der Waals surface area contributed by atoms with Crippen LogP contribution in [0.15, 0.2) is 17.0 Å². The molecule has 0 unspecified atom stereocenters. The van der Waals surface area contributed by atoms with Gasteiger partial charge in [0.1, 0.15) is 12.4 Å². The number of nitrogens with zero attached hydrogens (tertiary/aromatic N) is 1. The number of ether oxygens (including phenoxy) is 1. The van der Waals surface area contributed by atoms with Crippen molar-refractivity contribution in [1.29, 1.82) is 0 Å². The summed E-state index contributed by atoms with van der Waals surface area (Å²) in [7, 11) is -4.33. The first kappa shape index (κ1) is 30.3. The lowest BCUT2D eigenvalue weighted by Gasteiger charge is -2.39. The van der Waals surface area contributed by atoms with Crippen molar-refractivity contribution in [2.24, 2.45) is 11.8 Å². The fourth-order valence-corrected chi connectivity index (χ4v) is 6.65. The first-order valence-electron chi connectivity index (χ1n) is 12.1. The molecule has 1 aromatic carbocycles. The molecule has 1 heterocycles. The molecule has 216 valence electrons. The number of aliphatic carboxylic acids is 1. The minimum absolute atomic E-state index is 0.126. The van der Waals surface area contributed by atoms with Crippen LogP contribution in [-0.2, 0) is 20.8 Å². The minimum atomic E-state index is -5.03. The fraction of sp³-hybridized carbons (Fsp3) is 0.708. The molecule has 0 amide bonds. The molecule has 1 N–H and O–H groups in total. The van der Waals surface area contributed by atoms with E-state index < -0.39 is 99.5 Å². The number of alkyl halides is 7. The highest BCUT2D eigenvalue weighted by Crippen LogP contribution is 2.46. The van der Waals surface area contributed by atoms with E-state index in [1.807, 2.05) is 0 Å². The smallest absolute Gasteiger partial charge is 0.420 e. The Bertz CT molecular complexity index is 1120. The number of rotatable bonds is 8. The Morgan fingerprint density at radius 3 is 2.32 bits per heavy atom. The maximum absolute atomic E-state index is 14.0. The maximum atomic E-state index is 14.0. The molecule has 2 aliphatic rings.